The van der Waals surface area contributed by atoms with Crippen LogP contribution in [0.2, 0.25) is 0 Å². The second kappa shape index (κ2) is 7.44. The van der Waals surface area contributed by atoms with Crippen LogP contribution in [0.4, 0.5) is 0 Å². The lowest BCUT2D eigenvalue weighted by molar-refractivity contribution is 0.0681. The zero-order chi connectivity index (χ0) is 19.8. The molecule has 2 N–H and O–H groups in total. The number of fused-ring (bicyclic) bond motifs is 4. The normalized spacial score (nSPS) is 15.0. The highest BCUT2D eigenvalue weighted by Gasteiger charge is 2.28. The summed E-state index contributed by atoms with van der Waals surface area (Å²) in [6.07, 6.45) is 8.10. The molecule has 6 heteroatoms. The first kappa shape index (κ1) is 18.1. The minimum atomic E-state index is -0.893. The molecule has 148 valence electrons. The number of benzene rings is 1. The van der Waals surface area contributed by atoms with Crippen molar-refractivity contribution in [3.63, 3.8) is 0 Å². The van der Waals surface area contributed by atoms with Crippen LogP contribution in [0.5, 0.6) is 0 Å². The summed E-state index contributed by atoms with van der Waals surface area (Å²) in [5.41, 5.74) is 7.04. The van der Waals surface area contributed by atoms with E-state index in [1.54, 1.807) is 10.9 Å². The van der Waals surface area contributed by atoms with E-state index < -0.39 is 5.97 Å². The Labute approximate surface area is 169 Å². The summed E-state index contributed by atoms with van der Waals surface area (Å²) < 4.78 is 1.69. The van der Waals surface area contributed by atoms with E-state index in [9.17, 15) is 9.90 Å². The van der Waals surface area contributed by atoms with Crippen LogP contribution in [0, 0.1) is 0 Å². The molecular weight excluding hydrogens is 364 g/mol. The Kier molecular flexibility index (Phi) is 4.64. The molecule has 0 radical (unpaired) electrons. The van der Waals surface area contributed by atoms with Gasteiger partial charge >= 0.3 is 5.97 Å². The number of carbonyl (C=O) groups is 1. The summed E-state index contributed by atoms with van der Waals surface area (Å²) >= 11 is 0. The molecule has 2 aliphatic rings. The summed E-state index contributed by atoms with van der Waals surface area (Å²) in [6.45, 7) is 1.45. The molecule has 2 aromatic heterocycles. The maximum Gasteiger partial charge on any atom is 0.354 e. The average Bonchev–Trinajstić information content (AvgIpc) is 3.32. The molecule has 0 atom stereocenters. The maximum atomic E-state index is 11.9. The number of hydrogen-bond acceptors (Lipinski definition) is 4. The molecule has 0 unspecified atom stereocenters. The molecule has 2 aliphatic carbocycles. The van der Waals surface area contributed by atoms with Crippen LogP contribution in [0.15, 0.2) is 42.7 Å². The van der Waals surface area contributed by atoms with E-state index in [4.69, 9.17) is 5.10 Å². The molecule has 0 bridgehead atoms. The molecule has 29 heavy (non-hydrogen) atoms. The quantitative estimate of drug-likeness (QED) is 0.635. The van der Waals surface area contributed by atoms with Gasteiger partial charge in [-0.1, -0.05) is 24.3 Å². The molecule has 0 saturated heterocycles. The molecule has 0 fully saturated rings. The van der Waals surface area contributed by atoms with E-state index in [2.05, 4.69) is 34.6 Å². The number of aromatic carboxylic acids is 1. The number of carboxylic acids is 1. The molecule has 3 aromatic rings. The third-order valence-electron chi connectivity index (χ3n) is 6.09. The Balaban J connectivity index is 1.26. The molecule has 0 spiro atoms. The van der Waals surface area contributed by atoms with E-state index in [0.29, 0.717) is 24.7 Å². The lowest BCUT2D eigenvalue weighted by Crippen LogP contribution is -2.31. The standard InChI is InChI=1S/C23H24N4O2/c28-23(29)22-20-7-6-17-14-24-10-8-19(17)21(20)26-27(22)11-3-9-25-18-12-15-4-1-2-5-16(15)13-18/h1-2,4-5,8,10,14,18,25H,3,6-7,9,11-13H2,(H,28,29). The molecule has 1 aromatic carbocycles. The van der Waals surface area contributed by atoms with Gasteiger partial charge < -0.3 is 10.4 Å². The van der Waals surface area contributed by atoms with Crippen LogP contribution in [0.25, 0.3) is 11.3 Å². The zero-order valence-electron chi connectivity index (χ0n) is 16.3. The van der Waals surface area contributed by atoms with Crippen molar-refractivity contribution in [2.24, 2.45) is 0 Å². The maximum absolute atomic E-state index is 11.9. The first-order chi connectivity index (χ1) is 14.2. The third-order valence-corrected chi connectivity index (χ3v) is 6.09. The lowest BCUT2D eigenvalue weighted by atomic mass is 9.90. The van der Waals surface area contributed by atoms with Gasteiger partial charge in [0.25, 0.3) is 0 Å². The highest BCUT2D eigenvalue weighted by Crippen LogP contribution is 2.34. The Morgan fingerprint density at radius 1 is 1.14 bits per heavy atom. The van der Waals surface area contributed by atoms with Crippen molar-refractivity contribution in [1.29, 1.82) is 0 Å². The monoisotopic (exact) mass is 388 g/mol. The largest absolute Gasteiger partial charge is 0.477 e. The summed E-state index contributed by atoms with van der Waals surface area (Å²) in [5, 5.41) is 18.1. The van der Waals surface area contributed by atoms with Crippen LogP contribution in [0.3, 0.4) is 0 Å². The SMILES string of the molecule is O=C(O)c1c2c(nn1CCCNC1Cc3ccccc3C1)-c1ccncc1CC2. The molecule has 0 amide bonds. The van der Waals surface area contributed by atoms with Crippen LogP contribution in [-0.4, -0.2) is 38.4 Å². The Morgan fingerprint density at radius 3 is 2.69 bits per heavy atom. The van der Waals surface area contributed by atoms with Gasteiger partial charge in [0.05, 0.1) is 5.69 Å². The summed E-state index contributed by atoms with van der Waals surface area (Å²) in [7, 11) is 0. The van der Waals surface area contributed by atoms with E-state index >= 15 is 0 Å². The number of hydrogen-bond donors (Lipinski definition) is 2. The first-order valence-corrected chi connectivity index (χ1v) is 10.3. The van der Waals surface area contributed by atoms with Crippen LogP contribution in [-0.2, 0) is 32.2 Å². The van der Waals surface area contributed by atoms with Crippen molar-refractivity contribution >= 4 is 5.97 Å². The van der Waals surface area contributed by atoms with Crippen molar-refractivity contribution in [1.82, 2.24) is 20.1 Å². The Hall–Kier alpha value is -2.99. The minimum Gasteiger partial charge on any atom is -0.477 e. The lowest BCUT2D eigenvalue weighted by Gasteiger charge is -2.14. The number of aryl methyl sites for hydroxylation is 2. The number of rotatable bonds is 6. The van der Waals surface area contributed by atoms with Crippen molar-refractivity contribution < 1.29 is 9.90 Å². The van der Waals surface area contributed by atoms with Gasteiger partial charge in [-0.25, -0.2) is 4.79 Å². The van der Waals surface area contributed by atoms with Crippen LogP contribution >= 0.6 is 0 Å². The van der Waals surface area contributed by atoms with Gasteiger partial charge in [0, 0.05) is 36.1 Å². The van der Waals surface area contributed by atoms with Gasteiger partial charge in [0.1, 0.15) is 5.69 Å². The predicted molar refractivity (Wildman–Crippen MR) is 110 cm³/mol. The predicted octanol–water partition coefficient (Wildman–Crippen LogP) is 2.89. The summed E-state index contributed by atoms with van der Waals surface area (Å²) in [5.74, 6) is -0.893. The van der Waals surface area contributed by atoms with E-state index in [0.717, 1.165) is 54.6 Å². The highest BCUT2D eigenvalue weighted by atomic mass is 16.4. The fourth-order valence-electron chi connectivity index (χ4n) is 4.71. The molecular formula is C23H24N4O2. The van der Waals surface area contributed by atoms with E-state index in [-0.39, 0.29) is 0 Å². The van der Waals surface area contributed by atoms with Crippen molar-refractivity contribution in [2.45, 2.75) is 44.7 Å². The summed E-state index contributed by atoms with van der Waals surface area (Å²) in [4.78, 5) is 16.1. The van der Waals surface area contributed by atoms with Gasteiger partial charge in [-0.3, -0.25) is 9.67 Å². The van der Waals surface area contributed by atoms with Gasteiger partial charge in [-0.15, -0.1) is 0 Å². The van der Waals surface area contributed by atoms with Gasteiger partial charge in [0.15, 0.2) is 0 Å². The first-order valence-electron chi connectivity index (χ1n) is 10.3. The molecule has 6 nitrogen and oxygen atoms in total. The van der Waals surface area contributed by atoms with Crippen LogP contribution in [0.1, 0.15) is 39.2 Å². The molecule has 0 saturated carbocycles. The Bertz CT molecular complexity index is 1050. The summed E-state index contributed by atoms with van der Waals surface area (Å²) in [6, 6.07) is 11.0. The van der Waals surface area contributed by atoms with E-state index in [1.165, 1.54) is 11.1 Å². The Morgan fingerprint density at radius 2 is 1.93 bits per heavy atom. The molecule has 2 heterocycles. The number of carboxylic acid groups (broad SMARTS) is 1. The minimum absolute atomic E-state index is 0.343. The number of nitrogens with zero attached hydrogens (tertiary/aromatic N) is 3. The molecule has 5 rings (SSSR count). The van der Waals surface area contributed by atoms with E-state index in [1.807, 2.05) is 12.3 Å². The topological polar surface area (TPSA) is 80.0 Å². The van der Waals surface area contributed by atoms with Crippen molar-refractivity contribution in [3.8, 4) is 11.3 Å². The second-order valence-electron chi connectivity index (χ2n) is 7.92. The average molecular weight is 388 g/mol. The van der Waals surface area contributed by atoms with Gasteiger partial charge in [-0.2, -0.15) is 5.10 Å². The van der Waals surface area contributed by atoms with Crippen molar-refractivity contribution in [2.75, 3.05) is 6.54 Å². The number of nitrogens with one attached hydrogen (secondary N) is 1. The fourth-order valence-corrected chi connectivity index (χ4v) is 4.71. The van der Waals surface area contributed by atoms with Gasteiger partial charge in [0.2, 0.25) is 0 Å². The fraction of sp³-hybridized carbons (Fsp3) is 0.348. The smallest absolute Gasteiger partial charge is 0.354 e. The molecule has 0 aliphatic heterocycles. The zero-order valence-corrected chi connectivity index (χ0v) is 16.3. The highest BCUT2D eigenvalue weighted by molar-refractivity contribution is 5.90. The van der Waals surface area contributed by atoms with Crippen LogP contribution < -0.4 is 5.32 Å². The number of pyridine rings is 1. The second-order valence-corrected chi connectivity index (χ2v) is 7.92. The van der Waals surface area contributed by atoms with Gasteiger partial charge in [-0.05, 0) is 61.4 Å². The third kappa shape index (κ3) is 3.34. The number of aromatic nitrogens is 3. The van der Waals surface area contributed by atoms with Crippen molar-refractivity contribution in [3.05, 3.63) is 70.7 Å².